The van der Waals surface area contributed by atoms with E-state index in [9.17, 15) is 18.8 Å². The first kappa shape index (κ1) is 18.9. The van der Waals surface area contributed by atoms with Crippen molar-refractivity contribution in [2.45, 2.75) is 33.4 Å². The Morgan fingerprint density at radius 2 is 1.86 bits per heavy atom. The normalized spacial score (nSPS) is 14.2. The molecule has 3 aromatic rings. The van der Waals surface area contributed by atoms with Crippen molar-refractivity contribution in [3.8, 4) is 0 Å². The Kier molecular flexibility index (Phi) is 4.45. The van der Waals surface area contributed by atoms with Crippen LogP contribution in [0.1, 0.15) is 47.5 Å². The highest BCUT2D eigenvalue weighted by Crippen LogP contribution is 2.33. The second-order valence-corrected chi connectivity index (χ2v) is 7.35. The van der Waals surface area contributed by atoms with Gasteiger partial charge < -0.3 is 20.4 Å². The van der Waals surface area contributed by atoms with E-state index in [1.807, 2.05) is 13.8 Å². The monoisotopic (exact) mass is 398 g/mol. The van der Waals surface area contributed by atoms with Crippen LogP contribution < -0.4 is 26.8 Å². The average Bonchev–Trinajstić information content (AvgIpc) is 3.28. The van der Waals surface area contributed by atoms with Crippen molar-refractivity contribution in [1.82, 2.24) is 10.3 Å². The molecule has 8 nitrogen and oxygen atoms in total. The van der Waals surface area contributed by atoms with Gasteiger partial charge in [0.25, 0.3) is 16.8 Å². The van der Waals surface area contributed by atoms with Gasteiger partial charge in [-0.15, -0.1) is 0 Å². The second-order valence-electron chi connectivity index (χ2n) is 7.35. The number of aromatic nitrogens is 1. The van der Waals surface area contributed by atoms with Crippen molar-refractivity contribution in [2.24, 2.45) is 5.92 Å². The maximum Gasteiger partial charge on any atom is 0.254 e. The number of rotatable bonds is 6. The fourth-order valence-corrected chi connectivity index (χ4v) is 3.37. The number of halogens is 1. The number of anilines is 3. The predicted octanol–water partition coefficient (Wildman–Crippen LogP) is 2.51. The smallest absolute Gasteiger partial charge is 0.254 e. The average molecular weight is 398 g/mol. The highest BCUT2D eigenvalue weighted by Gasteiger charge is 2.31. The quantitative estimate of drug-likeness (QED) is 0.547. The van der Waals surface area contributed by atoms with E-state index in [1.165, 1.54) is 12.1 Å². The van der Waals surface area contributed by atoms with Gasteiger partial charge in [-0.25, -0.2) is 9.37 Å². The first-order valence-corrected chi connectivity index (χ1v) is 9.16. The molecule has 1 amide bonds. The molecule has 2 aromatic carbocycles. The van der Waals surface area contributed by atoms with Gasteiger partial charge in [-0.3, -0.25) is 14.4 Å². The lowest BCUT2D eigenvalue weighted by molar-refractivity contribution is 0.0966. The lowest BCUT2D eigenvalue weighted by Gasteiger charge is -2.23. The minimum absolute atomic E-state index is 0.0139. The van der Waals surface area contributed by atoms with Crippen molar-refractivity contribution >= 4 is 23.0 Å². The van der Waals surface area contributed by atoms with Crippen molar-refractivity contribution in [1.29, 1.82) is 0 Å². The summed E-state index contributed by atoms with van der Waals surface area (Å²) in [6.07, 6.45) is 1.56. The van der Waals surface area contributed by atoms with Gasteiger partial charge in [0.05, 0.1) is 17.4 Å². The first-order chi connectivity index (χ1) is 13.8. The summed E-state index contributed by atoms with van der Waals surface area (Å²) >= 11 is 0. The van der Waals surface area contributed by atoms with Crippen LogP contribution in [0.3, 0.4) is 0 Å². The van der Waals surface area contributed by atoms with E-state index in [2.05, 4.69) is 20.9 Å². The van der Waals surface area contributed by atoms with Crippen LogP contribution in [0.15, 0.2) is 32.3 Å². The summed E-state index contributed by atoms with van der Waals surface area (Å²) in [5.74, 6) is -0.158. The number of carbonyl (C=O) groups excluding carboxylic acids is 1. The molecule has 4 rings (SSSR count). The minimum Gasteiger partial charge on any atom is -0.444 e. The molecule has 0 bridgehead atoms. The maximum atomic E-state index is 14.4. The molecule has 29 heavy (non-hydrogen) atoms. The van der Waals surface area contributed by atoms with Crippen LogP contribution in [0.4, 0.5) is 21.5 Å². The number of hydrogen-bond donors (Lipinski definition) is 3. The molecule has 0 fully saturated rings. The molecule has 2 heterocycles. The molecule has 0 saturated carbocycles. The van der Waals surface area contributed by atoms with Crippen LogP contribution >= 0.6 is 0 Å². The zero-order valence-electron chi connectivity index (χ0n) is 16.1. The summed E-state index contributed by atoms with van der Waals surface area (Å²) in [6.45, 7) is 5.84. The van der Waals surface area contributed by atoms with E-state index in [4.69, 9.17) is 4.42 Å². The number of aryl methyl sites for hydroxylation is 1. The summed E-state index contributed by atoms with van der Waals surface area (Å²) in [7, 11) is 0. The molecule has 1 aliphatic heterocycles. The maximum absolute atomic E-state index is 14.4. The molecule has 0 spiro atoms. The number of nitrogens with zero attached hydrogens (tertiary/aromatic N) is 1. The molecule has 9 heteroatoms. The second kappa shape index (κ2) is 6.84. The molecule has 0 radical (unpaired) electrons. The Morgan fingerprint density at radius 1 is 1.14 bits per heavy atom. The van der Waals surface area contributed by atoms with Crippen LogP contribution in [-0.4, -0.2) is 10.9 Å². The van der Waals surface area contributed by atoms with Gasteiger partial charge in [-0.1, -0.05) is 19.9 Å². The predicted molar refractivity (Wildman–Crippen MR) is 105 cm³/mol. The highest BCUT2D eigenvalue weighted by atomic mass is 19.1. The van der Waals surface area contributed by atoms with Crippen LogP contribution in [0.5, 0.6) is 0 Å². The van der Waals surface area contributed by atoms with E-state index in [-0.39, 0.29) is 35.1 Å². The van der Waals surface area contributed by atoms with Gasteiger partial charge in [-0.2, -0.15) is 0 Å². The van der Waals surface area contributed by atoms with Gasteiger partial charge in [0.2, 0.25) is 5.89 Å². The fourth-order valence-electron chi connectivity index (χ4n) is 3.37. The van der Waals surface area contributed by atoms with Crippen molar-refractivity contribution in [3.05, 3.63) is 67.4 Å². The molecule has 0 unspecified atom stereocenters. The summed E-state index contributed by atoms with van der Waals surface area (Å²) in [4.78, 5) is 40.7. The Morgan fingerprint density at radius 3 is 2.52 bits per heavy atom. The number of hydrogen-bond acceptors (Lipinski definition) is 7. The van der Waals surface area contributed by atoms with Crippen LogP contribution in [0, 0.1) is 18.7 Å². The number of fused-ring (bicyclic) bond motifs is 1. The van der Waals surface area contributed by atoms with E-state index < -0.39 is 28.6 Å². The number of amides is 1. The third-order valence-corrected chi connectivity index (χ3v) is 4.94. The summed E-state index contributed by atoms with van der Waals surface area (Å²) in [5.41, 5.74) is -0.959. The van der Waals surface area contributed by atoms with Crippen molar-refractivity contribution in [3.63, 3.8) is 0 Å². The van der Waals surface area contributed by atoms with Crippen molar-refractivity contribution < 1.29 is 13.6 Å². The highest BCUT2D eigenvalue weighted by molar-refractivity contribution is 6.04. The lowest BCUT2D eigenvalue weighted by atomic mass is 10.0. The summed E-state index contributed by atoms with van der Waals surface area (Å²) < 4.78 is 20.0. The van der Waals surface area contributed by atoms with Gasteiger partial charge in [0.1, 0.15) is 29.0 Å². The number of carbonyl (C=O) groups is 1. The number of benzene rings is 1. The van der Waals surface area contributed by atoms with E-state index in [1.54, 1.807) is 13.1 Å². The minimum atomic E-state index is -0.783. The zero-order valence-corrected chi connectivity index (χ0v) is 16.1. The summed E-state index contributed by atoms with van der Waals surface area (Å²) in [5, 5.41) is 8.28. The third-order valence-electron chi connectivity index (χ3n) is 4.94. The fraction of sp³-hybridized carbons (Fsp3) is 0.300. The molecule has 1 atom stereocenters. The van der Waals surface area contributed by atoms with Crippen LogP contribution in [0.25, 0.3) is 0 Å². The Labute approximate surface area is 164 Å². The zero-order chi connectivity index (χ0) is 20.9. The molecule has 1 aliphatic rings. The largest absolute Gasteiger partial charge is 0.444 e. The van der Waals surface area contributed by atoms with Gasteiger partial charge in [0, 0.05) is 6.54 Å². The topological polar surface area (TPSA) is 113 Å². The SMILES string of the molecule is Cc1cnc([C@H](Nc2c(Nc3c(F)ccc4c3C(=O)NC4)c(=O)c2=O)C(C)C)o1. The molecular weight excluding hydrogens is 379 g/mol. The molecule has 1 aromatic heterocycles. The van der Waals surface area contributed by atoms with Crippen LogP contribution in [0.2, 0.25) is 0 Å². The Balaban J connectivity index is 1.70. The number of nitrogens with one attached hydrogen (secondary N) is 3. The lowest BCUT2D eigenvalue weighted by Crippen LogP contribution is -2.38. The molecule has 0 saturated heterocycles. The van der Waals surface area contributed by atoms with Crippen LogP contribution in [-0.2, 0) is 6.54 Å². The number of oxazole rings is 1. The first-order valence-electron chi connectivity index (χ1n) is 9.16. The Hall–Kier alpha value is -3.49. The molecule has 150 valence electrons. The van der Waals surface area contributed by atoms with Gasteiger partial charge in [0.15, 0.2) is 0 Å². The standard InChI is InChI=1S/C20H19FN4O4/c1-8(2)13(20-23-6-9(3)29-20)24-15-16(18(27)17(15)26)25-14-11(21)5-4-10-7-22-19(28)12(10)14/h4-6,8,13,24-25H,7H2,1-3H3,(H,22,28)/t13-/m1/s1. The molecule has 0 aliphatic carbocycles. The van der Waals surface area contributed by atoms with Gasteiger partial charge in [-0.05, 0) is 24.5 Å². The van der Waals surface area contributed by atoms with Gasteiger partial charge >= 0.3 is 0 Å². The Bertz CT molecular complexity index is 1190. The molecular formula is C20H19FN4O4. The third kappa shape index (κ3) is 3.08. The molecule has 3 N–H and O–H groups in total. The van der Waals surface area contributed by atoms with E-state index in [0.29, 0.717) is 17.2 Å². The van der Waals surface area contributed by atoms with E-state index >= 15 is 0 Å². The van der Waals surface area contributed by atoms with E-state index in [0.717, 1.165) is 0 Å². The summed E-state index contributed by atoms with van der Waals surface area (Å²) in [6, 6.07) is 2.25. The van der Waals surface area contributed by atoms with Crippen molar-refractivity contribution in [2.75, 3.05) is 10.6 Å².